The maximum Gasteiger partial charge on any atom is 0.243 e. The minimum atomic E-state index is -0.776. The van der Waals surface area contributed by atoms with Gasteiger partial charge in [-0.3, -0.25) is 4.79 Å². The van der Waals surface area contributed by atoms with Crippen LogP contribution in [0.1, 0.15) is 5.56 Å². The molecule has 1 rings (SSSR count). The Labute approximate surface area is 104 Å². The lowest BCUT2D eigenvalue weighted by atomic mass is 10.2. The molecule has 6 heteroatoms. The van der Waals surface area contributed by atoms with E-state index in [4.69, 9.17) is 27.3 Å². The molecular formula is C11H12ClN3O2. The summed E-state index contributed by atoms with van der Waals surface area (Å²) in [7, 11) is 1.45. The van der Waals surface area contributed by atoms with Crippen LogP contribution < -0.4 is 11.1 Å². The van der Waals surface area contributed by atoms with Gasteiger partial charge in [-0.1, -0.05) is 11.6 Å². The molecule has 0 aromatic heterocycles. The Balaban J connectivity index is 2.81. The molecule has 0 aliphatic carbocycles. The van der Waals surface area contributed by atoms with Crippen molar-refractivity contribution in [3.63, 3.8) is 0 Å². The van der Waals surface area contributed by atoms with Crippen LogP contribution >= 0.6 is 11.6 Å². The number of anilines is 1. The number of rotatable bonds is 4. The second kappa shape index (κ2) is 6.21. The molecule has 17 heavy (non-hydrogen) atoms. The molecule has 0 heterocycles. The van der Waals surface area contributed by atoms with Crippen LogP contribution in [0.3, 0.4) is 0 Å². The van der Waals surface area contributed by atoms with Crippen molar-refractivity contribution in [3.8, 4) is 6.07 Å². The topological polar surface area (TPSA) is 88.1 Å². The highest BCUT2D eigenvalue weighted by molar-refractivity contribution is 6.33. The van der Waals surface area contributed by atoms with Crippen molar-refractivity contribution >= 4 is 23.2 Å². The molecule has 1 aromatic carbocycles. The summed E-state index contributed by atoms with van der Waals surface area (Å²) in [5.41, 5.74) is 6.32. The lowest BCUT2D eigenvalue weighted by molar-refractivity contribution is -0.118. The molecule has 0 aliphatic rings. The number of benzene rings is 1. The first-order valence-corrected chi connectivity index (χ1v) is 5.21. The molecule has 0 radical (unpaired) electrons. The molecule has 0 bridgehead atoms. The number of nitrogens with zero attached hydrogens (tertiary/aromatic N) is 1. The lowest BCUT2D eigenvalue weighted by Gasteiger charge is -2.12. The molecule has 0 saturated heterocycles. The minimum Gasteiger partial charge on any atom is -0.383 e. The van der Waals surface area contributed by atoms with Gasteiger partial charge in [0.25, 0.3) is 0 Å². The Bertz CT molecular complexity index is 457. The first-order valence-electron chi connectivity index (χ1n) is 4.83. The van der Waals surface area contributed by atoms with Gasteiger partial charge in [0.15, 0.2) is 0 Å². The van der Waals surface area contributed by atoms with Gasteiger partial charge in [-0.05, 0) is 18.2 Å². The number of nitrogens with two attached hydrogens (primary N) is 1. The zero-order chi connectivity index (χ0) is 12.8. The standard InChI is InChI=1S/C11H12ClN3O2/c1-17-6-9(14)11(16)15-10-4-7(5-13)2-3-8(10)12/h2-4,9H,6,14H2,1H3,(H,15,16). The summed E-state index contributed by atoms with van der Waals surface area (Å²) in [6.07, 6.45) is 0. The summed E-state index contributed by atoms with van der Waals surface area (Å²) in [6.45, 7) is 0.112. The summed E-state index contributed by atoms with van der Waals surface area (Å²) in [5, 5.41) is 11.6. The van der Waals surface area contributed by atoms with Gasteiger partial charge >= 0.3 is 0 Å². The number of halogens is 1. The van der Waals surface area contributed by atoms with Gasteiger partial charge in [-0.25, -0.2) is 0 Å². The molecule has 1 aromatic rings. The monoisotopic (exact) mass is 253 g/mol. The smallest absolute Gasteiger partial charge is 0.243 e. The highest BCUT2D eigenvalue weighted by atomic mass is 35.5. The second-order valence-electron chi connectivity index (χ2n) is 3.36. The number of nitriles is 1. The molecule has 0 fully saturated rings. The zero-order valence-corrected chi connectivity index (χ0v) is 9.99. The predicted molar refractivity (Wildman–Crippen MR) is 64.6 cm³/mol. The summed E-state index contributed by atoms with van der Waals surface area (Å²) in [5.74, 6) is -0.413. The summed E-state index contributed by atoms with van der Waals surface area (Å²) < 4.78 is 4.77. The van der Waals surface area contributed by atoms with E-state index in [2.05, 4.69) is 5.32 Å². The molecule has 1 amide bonds. The second-order valence-corrected chi connectivity index (χ2v) is 3.76. The molecule has 0 spiro atoms. The fourth-order valence-corrected chi connectivity index (χ4v) is 1.34. The number of hydrogen-bond donors (Lipinski definition) is 2. The SMILES string of the molecule is COCC(N)C(=O)Nc1cc(C#N)ccc1Cl. The van der Waals surface area contributed by atoms with Crippen LogP contribution in [-0.2, 0) is 9.53 Å². The quantitative estimate of drug-likeness (QED) is 0.842. The molecule has 0 aliphatic heterocycles. The molecule has 0 saturated carbocycles. The van der Waals surface area contributed by atoms with E-state index >= 15 is 0 Å². The van der Waals surface area contributed by atoms with Crippen molar-refractivity contribution in [1.29, 1.82) is 5.26 Å². The van der Waals surface area contributed by atoms with Crippen molar-refractivity contribution < 1.29 is 9.53 Å². The molecule has 1 atom stereocenters. The van der Waals surface area contributed by atoms with E-state index in [9.17, 15) is 4.79 Å². The molecule has 5 nitrogen and oxygen atoms in total. The van der Waals surface area contributed by atoms with Gasteiger partial charge in [0.2, 0.25) is 5.91 Å². The molecule has 3 N–H and O–H groups in total. The first-order chi connectivity index (χ1) is 8.08. The number of methoxy groups -OCH3 is 1. The third kappa shape index (κ3) is 3.71. The highest BCUT2D eigenvalue weighted by Gasteiger charge is 2.14. The first kappa shape index (κ1) is 13.5. The van der Waals surface area contributed by atoms with Crippen LogP contribution in [0, 0.1) is 11.3 Å². The van der Waals surface area contributed by atoms with Crippen LogP contribution in [0.4, 0.5) is 5.69 Å². The molecular weight excluding hydrogens is 242 g/mol. The Morgan fingerprint density at radius 3 is 3.00 bits per heavy atom. The van der Waals surface area contributed by atoms with Gasteiger partial charge in [0.1, 0.15) is 6.04 Å². The summed E-state index contributed by atoms with van der Waals surface area (Å²) >= 11 is 5.88. The van der Waals surface area contributed by atoms with Gasteiger partial charge < -0.3 is 15.8 Å². The maximum absolute atomic E-state index is 11.6. The normalized spacial score (nSPS) is 11.6. The number of nitrogens with one attached hydrogen (secondary N) is 1. The predicted octanol–water partition coefficient (Wildman–Crippen LogP) is 1.12. The number of amides is 1. The van der Waals surface area contributed by atoms with Crippen LogP contribution in [0.25, 0.3) is 0 Å². The van der Waals surface area contributed by atoms with E-state index in [1.807, 2.05) is 6.07 Å². The van der Waals surface area contributed by atoms with Crippen molar-refractivity contribution in [1.82, 2.24) is 0 Å². The number of ether oxygens (including phenoxy) is 1. The van der Waals surface area contributed by atoms with E-state index in [1.165, 1.54) is 19.2 Å². The lowest BCUT2D eigenvalue weighted by Crippen LogP contribution is -2.39. The van der Waals surface area contributed by atoms with Crippen molar-refractivity contribution in [2.75, 3.05) is 19.0 Å². The third-order valence-electron chi connectivity index (χ3n) is 2.04. The van der Waals surface area contributed by atoms with Gasteiger partial charge in [0, 0.05) is 7.11 Å². The van der Waals surface area contributed by atoms with Gasteiger partial charge in [-0.15, -0.1) is 0 Å². The van der Waals surface area contributed by atoms with Crippen molar-refractivity contribution in [2.45, 2.75) is 6.04 Å². The Kier molecular flexibility index (Phi) is 4.91. The van der Waals surface area contributed by atoms with Crippen molar-refractivity contribution in [2.24, 2.45) is 5.73 Å². The Hall–Kier alpha value is -1.61. The van der Waals surface area contributed by atoms with E-state index in [1.54, 1.807) is 6.07 Å². The van der Waals surface area contributed by atoms with Crippen LogP contribution in [0.2, 0.25) is 5.02 Å². The van der Waals surface area contributed by atoms with E-state index < -0.39 is 11.9 Å². The van der Waals surface area contributed by atoms with E-state index in [-0.39, 0.29) is 6.61 Å². The average Bonchev–Trinajstić information content (AvgIpc) is 2.32. The Morgan fingerprint density at radius 1 is 1.71 bits per heavy atom. The number of hydrogen-bond acceptors (Lipinski definition) is 4. The summed E-state index contributed by atoms with van der Waals surface area (Å²) in [4.78, 5) is 11.6. The van der Waals surface area contributed by atoms with Gasteiger partial charge in [-0.2, -0.15) is 5.26 Å². The van der Waals surface area contributed by atoms with E-state index in [0.717, 1.165) is 0 Å². The molecule has 1 unspecified atom stereocenters. The zero-order valence-electron chi connectivity index (χ0n) is 9.24. The van der Waals surface area contributed by atoms with Crippen molar-refractivity contribution in [3.05, 3.63) is 28.8 Å². The summed E-state index contributed by atoms with van der Waals surface area (Å²) in [6, 6.07) is 5.77. The number of carbonyl (C=O) groups is 1. The van der Waals surface area contributed by atoms with Crippen LogP contribution in [-0.4, -0.2) is 25.7 Å². The van der Waals surface area contributed by atoms with Gasteiger partial charge in [0.05, 0.1) is 28.9 Å². The fraction of sp³-hybridized carbons (Fsp3) is 0.273. The van der Waals surface area contributed by atoms with Crippen LogP contribution in [0.15, 0.2) is 18.2 Å². The molecule has 90 valence electrons. The van der Waals surface area contributed by atoms with E-state index in [0.29, 0.717) is 16.3 Å². The minimum absolute atomic E-state index is 0.112. The third-order valence-corrected chi connectivity index (χ3v) is 2.37. The number of carbonyl (C=O) groups excluding carboxylic acids is 1. The maximum atomic E-state index is 11.6. The fourth-order valence-electron chi connectivity index (χ4n) is 1.17. The average molecular weight is 254 g/mol. The Morgan fingerprint density at radius 2 is 2.41 bits per heavy atom. The highest BCUT2D eigenvalue weighted by Crippen LogP contribution is 2.22. The van der Waals surface area contributed by atoms with Crippen LogP contribution in [0.5, 0.6) is 0 Å². The largest absolute Gasteiger partial charge is 0.383 e.